The summed E-state index contributed by atoms with van der Waals surface area (Å²) in [4.78, 5) is 25.9. The number of anilines is 3. The second-order valence-electron chi connectivity index (χ2n) is 5.91. The molecule has 2 N–H and O–H groups in total. The molecule has 0 atom stereocenters. The molecule has 1 heterocycles. The van der Waals surface area contributed by atoms with E-state index in [0.29, 0.717) is 27.8 Å². The molecule has 0 saturated carbocycles. The van der Waals surface area contributed by atoms with Gasteiger partial charge in [0.05, 0.1) is 5.69 Å². The van der Waals surface area contributed by atoms with Gasteiger partial charge in [-0.25, -0.2) is 4.79 Å². The molecule has 0 unspecified atom stereocenters. The van der Waals surface area contributed by atoms with Crippen molar-refractivity contribution in [2.75, 3.05) is 22.1 Å². The summed E-state index contributed by atoms with van der Waals surface area (Å²) in [5, 5.41) is 6.07. The first-order valence-corrected chi connectivity index (χ1v) is 8.24. The Morgan fingerprint density at radius 3 is 2.44 bits per heavy atom. The molecule has 3 amide bonds. The van der Waals surface area contributed by atoms with Crippen LogP contribution in [0.3, 0.4) is 0 Å². The molecule has 3 rings (SSSR count). The molecule has 0 aliphatic carbocycles. The highest BCUT2D eigenvalue weighted by molar-refractivity contribution is 6.30. The summed E-state index contributed by atoms with van der Waals surface area (Å²) < 4.78 is 5.45. The maximum absolute atomic E-state index is 12.1. The SMILES string of the molecule is CC(C)N1C(=O)COc2ccc(NC(=O)Nc3ccc(Cl)cc3)cc21. The molecule has 0 radical (unpaired) electrons. The Balaban J connectivity index is 1.76. The number of rotatable bonds is 3. The number of nitrogens with one attached hydrogen (secondary N) is 2. The third-order valence-corrected chi connectivity index (χ3v) is 3.97. The first-order chi connectivity index (χ1) is 11.9. The topological polar surface area (TPSA) is 70.7 Å². The van der Waals surface area contributed by atoms with E-state index in [0.717, 1.165) is 0 Å². The van der Waals surface area contributed by atoms with E-state index in [1.807, 2.05) is 13.8 Å². The van der Waals surface area contributed by atoms with Crippen LogP contribution in [0.25, 0.3) is 0 Å². The minimum atomic E-state index is -0.388. The average Bonchev–Trinajstić information content (AvgIpc) is 2.56. The molecule has 6 nitrogen and oxygen atoms in total. The highest BCUT2D eigenvalue weighted by Crippen LogP contribution is 2.35. The predicted octanol–water partition coefficient (Wildman–Crippen LogP) is 4.12. The van der Waals surface area contributed by atoms with Crippen molar-refractivity contribution in [1.29, 1.82) is 0 Å². The first kappa shape index (κ1) is 17.1. The number of fused-ring (bicyclic) bond motifs is 1. The third-order valence-electron chi connectivity index (χ3n) is 3.71. The Hall–Kier alpha value is -2.73. The largest absolute Gasteiger partial charge is 0.482 e. The van der Waals surface area contributed by atoms with E-state index in [-0.39, 0.29) is 24.6 Å². The number of amides is 3. The molecule has 2 aromatic carbocycles. The predicted molar refractivity (Wildman–Crippen MR) is 98.7 cm³/mol. The Morgan fingerprint density at radius 1 is 1.12 bits per heavy atom. The lowest BCUT2D eigenvalue weighted by molar-refractivity contribution is -0.121. The van der Waals surface area contributed by atoms with Gasteiger partial charge in [-0.1, -0.05) is 11.6 Å². The normalized spacial score (nSPS) is 13.3. The third kappa shape index (κ3) is 3.85. The van der Waals surface area contributed by atoms with Gasteiger partial charge in [0.25, 0.3) is 5.91 Å². The Kier molecular flexibility index (Phi) is 4.81. The van der Waals surface area contributed by atoms with Crippen LogP contribution in [0.2, 0.25) is 5.02 Å². The van der Waals surface area contributed by atoms with Gasteiger partial charge in [-0.15, -0.1) is 0 Å². The summed E-state index contributed by atoms with van der Waals surface area (Å²) in [6, 6.07) is 11.6. The van der Waals surface area contributed by atoms with E-state index >= 15 is 0 Å². The highest BCUT2D eigenvalue weighted by Gasteiger charge is 2.27. The molecular weight excluding hydrogens is 342 g/mol. The number of carbonyl (C=O) groups excluding carboxylic acids is 2. The van der Waals surface area contributed by atoms with Crippen LogP contribution < -0.4 is 20.3 Å². The Labute approximate surface area is 150 Å². The molecule has 7 heteroatoms. The lowest BCUT2D eigenvalue weighted by atomic mass is 10.1. The number of hydrogen-bond donors (Lipinski definition) is 2. The van der Waals surface area contributed by atoms with Crippen molar-refractivity contribution >= 4 is 40.6 Å². The van der Waals surface area contributed by atoms with E-state index in [1.54, 1.807) is 47.4 Å². The number of halogens is 1. The van der Waals surface area contributed by atoms with E-state index in [2.05, 4.69) is 10.6 Å². The summed E-state index contributed by atoms with van der Waals surface area (Å²) in [6.45, 7) is 3.88. The van der Waals surface area contributed by atoms with Crippen LogP contribution in [0.1, 0.15) is 13.8 Å². The minimum Gasteiger partial charge on any atom is -0.482 e. The zero-order chi connectivity index (χ0) is 18.0. The van der Waals surface area contributed by atoms with Gasteiger partial charge in [-0.2, -0.15) is 0 Å². The van der Waals surface area contributed by atoms with Crippen LogP contribution in [0, 0.1) is 0 Å². The molecule has 0 saturated heterocycles. The van der Waals surface area contributed by atoms with Crippen LogP contribution in [-0.2, 0) is 4.79 Å². The molecule has 130 valence electrons. The van der Waals surface area contributed by atoms with E-state index in [4.69, 9.17) is 16.3 Å². The number of nitrogens with zero attached hydrogens (tertiary/aromatic N) is 1. The van der Waals surface area contributed by atoms with E-state index in [9.17, 15) is 9.59 Å². The van der Waals surface area contributed by atoms with Crippen molar-refractivity contribution in [1.82, 2.24) is 0 Å². The second kappa shape index (κ2) is 7.03. The van der Waals surface area contributed by atoms with Crippen LogP contribution in [0.5, 0.6) is 5.75 Å². The fourth-order valence-corrected chi connectivity index (χ4v) is 2.77. The molecule has 0 fully saturated rings. The van der Waals surface area contributed by atoms with Crippen molar-refractivity contribution in [3.05, 3.63) is 47.5 Å². The van der Waals surface area contributed by atoms with Crippen molar-refractivity contribution in [2.24, 2.45) is 0 Å². The van der Waals surface area contributed by atoms with Gasteiger partial charge in [0, 0.05) is 22.4 Å². The van der Waals surface area contributed by atoms with Crippen molar-refractivity contribution in [3.8, 4) is 5.75 Å². The molecule has 0 aromatic heterocycles. The van der Waals surface area contributed by atoms with E-state index in [1.165, 1.54) is 0 Å². The molecule has 25 heavy (non-hydrogen) atoms. The van der Waals surface area contributed by atoms with Crippen LogP contribution in [0.15, 0.2) is 42.5 Å². The standard InChI is InChI=1S/C18H18ClN3O3/c1-11(2)22-15-9-14(7-8-16(15)25-10-17(22)23)21-18(24)20-13-5-3-12(19)4-6-13/h3-9,11H,10H2,1-2H3,(H2,20,21,24). The molecule has 1 aliphatic heterocycles. The van der Waals surface area contributed by atoms with Crippen molar-refractivity contribution in [2.45, 2.75) is 19.9 Å². The van der Waals surface area contributed by atoms with Crippen LogP contribution >= 0.6 is 11.6 Å². The number of ether oxygens (including phenoxy) is 1. The summed E-state index contributed by atoms with van der Waals surface area (Å²) >= 11 is 5.82. The fourth-order valence-electron chi connectivity index (χ4n) is 2.64. The van der Waals surface area contributed by atoms with Gasteiger partial charge in [-0.05, 0) is 56.3 Å². The van der Waals surface area contributed by atoms with Crippen LogP contribution in [-0.4, -0.2) is 24.6 Å². The van der Waals surface area contributed by atoms with Crippen LogP contribution in [0.4, 0.5) is 21.9 Å². The summed E-state index contributed by atoms with van der Waals surface area (Å²) in [6.07, 6.45) is 0. The Bertz CT molecular complexity index is 806. The fraction of sp³-hybridized carbons (Fsp3) is 0.222. The van der Waals surface area contributed by atoms with Gasteiger partial charge < -0.3 is 20.3 Å². The lowest BCUT2D eigenvalue weighted by Gasteiger charge is -2.32. The lowest BCUT2D eigenvalue weighted by Crippen LogP contribution is -2.43. The number of hydrogen-bond acceptors (Lipinski definition) is 3. The molecule has 1 aliphatic rings. The summed E-state index contributed by atoms with van der Waals surface area (Å²) in [5.74, 6) is 0.516. The highest BCUT2D eigenvalue weighted by atomic mass is 35.5. The van der Waals surface area contributed by atoms with Gasteiger partial charge in [0.2, 0.25) is 0 Å². The van der Waals surface area contributed by atoms with Crippen molar-refractivity contribution < 1.29 is 14.3 Å². The molecule has 2 aromatic rings. The maximum Gasteiger partial charge on any atom is 0.323 e. The smallest absolute Gasteiger partial charge is 0.323 e. The quantitative estimate of drug-likeness (QED) is 0.866. The average molecular weight is 360 g/mol. The monoisotopic (exact) mass is 359 g/mol. The molecule has 0 spiro atoms. The van der Waals surface area contributed by atoms with Gasteiger partial charge >= 0.3 is 6.03 Å². The van der Waals surface area contributed by atoms with Gasteiger partial charge in [0.15, 0.2) is 6.61 Å². The van der Waals surface area contributed by atoms with E-state index < -0.39 is 0 Å². The zero-order valence-electron chi connectivity index (χ0n) is 13.9. The summed E-state index contributed by atoms with van der Waals surface area (Å²) in [5.41, 5.74) is 1.84. The summed E-state index contributed by atoms with van der Waals surface area (Å²) in [7, 11) is 0. The first-order valence-electron chi connectivity index (χ1n) is 7.86. The minimum absolute atomic E-state index is 0.00621. The zero-order valence-corrected chi connectivity index (χ0v) is 14.6. The number of urea groups is 1. The van der Waals surface area contributed by atoms with Gasteiger partial charge in [0.1, 0.15) is 5.75 Å². The maximum atomic E-state index is 12.1. The number of carbonyl (C=O) groups is 2. The Morgan fingerprint density at radius 2 is 1.76 bits per heavy atom. The van der Waals surface area contributed by atoms with Gasteiger partial charge in [-0.3, -0.25) is 4.79 Å². The van der Waals surface area contributed by atoms with Crippen molar-refractivity contribution in [3.63, 3.8) is 0 Å². The number of benzene rings is 2. The second-order valence-corrected chi connectivity index (χ2v) is 6.35. The molecule has 0 bridgehead atoms. The molecular formula is C18H18ClN3O3.